The quantitative estimate of drug-likeness (QED) is 0.791. The van der Waals surface area contributed by atoms with E-state index in [0.717, 1.165) is 6.42 Å². The van der Waals surface area contributed by atoms with Gasteiger partial charge in [-0.3, -0.25) is 4.72 Å². The van der Waals surface area contributed by atoms with Crippen molar-refractivity contribution in [3.63, 3.8) is 0 Å². The van der Waals surface area contributed by atoms with Crippen molar-refractivity contribution < 1.29 is 13.2 Å². The maximum Gasteiger partial charge on any atom is 0.265 e. The third-order valence-corrected chi connectivity index (χ3v) is 4.67. The van der Waals surface area contributed by atoms with E-state index in [9.17, 15) is 8.42 Å². The van der Waals surface area contributed by atoms with Gasteiger partial charge in [-0.2, -0.15) is 0 Å². The van der Waals surface area contributed by atoms with Crippen LogP contribution in [0.2, 0.25) is 10.3 Å². The second kappa shape index (κ2) is 7.17. The summed E-state index contributed by atoms with van der Waals surface area (Å²) in [5.41, 5.74) is 0.335. The summed E-state index contributed by atoms with van der Waals surface area (Å²) in [6.07, 6.45) is 0.814. The molecule has 1 heterocycles. The standard InChI is InChI=1S/C14H14Cl2N2O3S/c1-2-9-21-11-6-4-3-5-10(11)18-22(19,20)12-7-8-13(15)17-14(12)16/h3-8,18H,2,9H2,1H3. The van der Waals surface area contributed by atoms with Gasteiger partial charge < -0.3 is 4.74 Å². The molecule has 5 nitrogen and oxygen atoms in total. The van der Waals surface area contributed by atoms with Crippen molar-refractivity contribution in [2.24, 2.45) is 0 Å². The van der Waals surface area contributed by atoms with Gasteiger partial charge in [0, 0.05) is 0 Å². The van der Waals surface area contributed by atoms with Crippen LogP contribution in [0, 0.1) is 0 Å². The van der Waals surface area contributed by atoms with Crippen LogP contribution in [-0.4, -0.2) is 20.0 Å². The average molecular weight is 361 g/mol. The summed E-state index contributed by atoms with van der Waals surface area (Å²) in [5.74, 6) is 0.450. The number of nitrogens with one attached hydrogen (secondary N) is 1. The molecule has 0 aliphatic heterocycles. The Labute approximate surface area is 139 Å². The Morgan fingerprint density at radius 2 is 1.91 bits per heavy atom. The Kier molecular flexibility index (Phi) is 5.50. The highest BCUT2D eigenvalue weighted by molar-refractivity contribution is 7.92. The number of para-hydroxylation sites is 2. The van der Waals surface area contributed by atoms with Crippen LogP contribution in [0.25, 0.3) is 0 Å². The predicted molar refractivity (Wildman–Crippen MR) is 87.3 cm³/mol. The van der Waals surface area contributed by atoms with E-state index in [1.54, 1.807) is 24.3 Å². The first-order valence-electron chi connectivity index (χ1n) is 6.50. The zero-order chi connectivity index (χ0) is 16.2. The normalized spacial score (nSPS) is 11.2. The molecular formula is C14H14Cl2N2O3S. The van der Waals surface area contributed by atoms with Gasteiger partial charge in [0.1, 0.15) is 15.8 Å². The van der Waals surface area contributed by atoms with E-state index >= 15 is 0 Å². The van der Waals surface area contributed by atoms with Gasteiger partial charge in [0.05, 0.1) is 12.3 Å². The van der Waals surface area contributed by atoms with Crippen molar-refractivity contribution in [2.45, 2.75) is 18.2 Å². The summed E-state index contributed by atoms with van der Waals surface area (Å²) < 4.78 is 32.8. The van der Waals surface area contributed by atoms with Gasteiger partial charge in [-0.05, 0) is 30.7 Å². The van der Waals surface area contributed by atoms with E-state index in [0.29, 0.717) is 18.0 Å². The van der Waals surface area contributed by atoms with Gasteiger partial charge in [0.25, 0.3) is 10.0 Å². The molecule has 1 aromatic heterocycles. The zero-order valence-electron chi connectivity index (χ0n) is 11.7. The van der Waals surface area contributed by atoms with Crippen LogP contribution in [0.4, 0.5) is 5.69 Å². The Hall–Kier alpha value is -1.50. The molecule has 0 bridgehead atoms. The van der Waals surface area contributed by atoms with Crippen LogP contribution < -0.4 is 9.46 Å². The molecule has 0 saturated heterocycles. The number of halogens is 2. The van der Waals surface area contributed by atoms with E-state index in [4.69, 9.17) is 27.9 Å². The molecule has 0 atom stereocenters. The molecule has 2 rings (SSSR count). The van der Waals surface area contributed by atoms with Crippen LogP contribution in [0.5, 0.6) is 5.75 Å². The molecule has 0 radical (unpaired) electrons. The fourth-order valence-corrected chi connectivity index (χ4v) is 3.42. The molecule has 0 fully saturated rings. The second-order valence-corrected chi connectivity index (χ2v) is 6.77. The van der Waals surface area contributed by atoms with E-state index in [1.807, 2.05) is 6.92 Å². The van der Waals surface area contributed by atoms with Crippen LogP contribution in [0.1, 0.15) is 13.3 Å². The Morgan fingerprint density at radius 1 is 1.18 bits per heavy atom. The van der Waals surface area contributed by atoms with Gasteiger partial charge in [-0.15, -0.1) is 0 Å². The van der Waals surface area contributed by atoms with Crippen molar-refractivity contribution in [3.8, 4) is 5.75 Å². The van der Waals surface area contributed by atoms with Crippen LogP contribution in [0.15, 0.2) is 41.3 Å². The Morgan fingerprint density at radius 3 is 2.59 bits per heavy atom. The zero-order valence-corrected chi connectivity index (χ0v) is 14.0. The van der Waals surface area contributed by atoms with Crippen molar-refractivity contribution in [1.82, 2.24) is 4.98 Å². The van der Waals surface area contributed by atoms with Crippen LogP contribution in [-0.2, 0) is 10.0 Å². The minimum absolute atomic E-state index is 0.121. The monoisotopic (exact) mass is 360 g/mol. The molecule has 8 heteroatoms. The first-order chi connectivity index (χ1) is 10.4. The maximum absolute atomic E-state index is 12.4. The van der Waals surface area contributed by atoms with E-state index < -0.39 is 10.0 Å². The van der Waals surface area contributed by atoms with E-state index in [-0.39, 0.29) is 15.2 Å². The summed E-state index contributed by atoms with van der Waals surface area (Å²) in [4.78, 5) is 3.58. The number of rotatable bonds is 6. The highest BCUT2D eigenvalue weighted by Crippen LogP contribution is 2.29. The lowest BCUT2D eigenvalue weighted by Gasteiger charge is -2.13. The SMILES string of the molecule is CCCOc1ccccc1NS(=O)(=O)c1ccc(Cl)nc1Cl. The van der Waals surface area contributed by atoms with Crippen molar-refractivity contribution in [2.75, 3.05) is 11.3 Å². The van der Waals surface area contributed by atoms with E-state index in [1.165, 1.54) is 12.1 Å². The second-order valence-electron chi connectivity index (χ2n) is 4.37. The number of ether oxygens (including phenoxy) is 1. The molecule has 1 N–H and O–H groups in total. The molecule has 0 aliphatic rings. The molecule has 22 heavy (non-hydrogen) atoms. The van der Waals surface area contributed by atoms with Crippen LogP contribution >= 0.6 is 23.2 Å². The number of aromatic nitrogens is 1. The average Bonchev–Trinajstić information content (AvgIpc) is 2.45. The first kappa shape index (κ1) is 16.9. The van der Waals surface area contributed by atoms with Crippen molar-refractivity contribution >= 4 is 38.9 Å². The molecule has 0 spiro atoms. The number of pyridine rings is 1. The fourth-order valence-electron chi connectivity index (χ4n) is 1.69. The van der Waals surface area contributed by atoms with Crippen molar-refractivity contribution in [3.05, 3.63) is 46.7 Å². The molecular weight excluding hydrogens is 347 g/mol. The molecule has 1 aromatic carbocycles. The fraction of sp³-hybridized carbons (Fsp3) is 0.214. The van der Waals surface area contributed by atoms with Gasteiger partial charge in [0.15, 0.2) is 5.15 Å². The minimum atomic E-state index is -3.89. The topological polar surface area (TPSA) is 68.3 Å². The molecule has 2 aromatic rings. The minimum Gasteiger partial charge on any atom is -0.491 e. The van der Waals surface area contributed by atoms with Crippen LogP contribution in [0.3, 0.4) is 0 Å². The summed E-state index contributed by atoms with van der Waals surface area (Å²) in [7, 11) is -3.89. The van der Waals surface area contributed by atoms with Gasteiger partial charge in [0.2, 0.25) is 0 Å². The summed E-state index contributed by atoms with van der Waals surface area (Å²) in [6, 6.07) is 9.43. The number of anilines is 1. The molecule has 0 aliphatic carbocycles. The number of hydrogen-bond acceptors (Lipinski definition) is 4. The summed E-state index contributed by atoms with van der Waals surface area (Å²) in [5, 5.41) is -0.0670. The number of sulfonamides is 1. The number of hydrogen-bond donors (Lipinski definition) is 1. The molecule has 0 unspecified atom stereocenters. The van der Waals surface area contributed by atoms with Gasteiger partial charge in [-0.1, -0.05) is 42.3 Å². The third kappa shape index (κ3) is 4.03. The first-order valence-corrected chi connectivity index (χ1v) is 8.74. The van der Waals surface area contributed by atoms with Gasteiger partial charge in [-0.25, -0.2) is 13.4 Å². The lowest BCUT2D eigenvalue weighted by atomic mass is 10.3. The summed E-state index contributed by atoms with van der Waals surface area (Å²) in [6.45, 7) is 2.45. The highest BCUT2D eigenvalue weighted by atomic mass is 35.5. The van der Waals surface area contributed by atoms with Gasteiger partial charge >= 0.3 is 0 Å². The number of nitrogens with zero attached hydrogens (tertiary/aromatic N) is 1. The Balaban J connectivity index is 2.33. The van der Waals surface area contributed by atoms with Crippen molar-refractivity contribution in [1.29, 1.82) is 0 Å². The highest BCUT2D eigenvalue weighted by Gasteiger charge is 2.20. The molecule has 0 amide bonds. The lowest BCUT2D eigenvalue weighted by Crippen LogP contribution is -2.15. The van der Waals surface area contributed by atoms with E-state index in [2.05, 4.69) is 9.71 Å². The number of benzene rings is 1. The maximum atomic E-state index is 12.4. The molecule has 118 valence electrons. The largest absolute Gasteiger partial charge is 0.491 e. The Bertz CT molecular complexity index is 766. The molecule has 0 saturated carbocycles. The smallest absolute Gasteiger partial charge is 0.265 e. The lowest BCUT2D eigenvalue weighted by molar-refractivity contribution is 0.319. The third-order valence-electron chi connectivity index (χ3n) is 2.66. The predicted octanol–water partition coefficient (Wildman–Crippen LogP) is 3.98. The summed E-state index contributed by atoms with van der Waals surface area (Å²) >= 11 is 11.5.